The van der Waals surface area contributed by atoms with E-state index < -0.39 is 35.5 Å². The van der Waals surface area contributed by atoms with Gasteiger partial charge in [-0.2, -0.15) is 0 Å². The van der Waals surface area contributed by atoms with Crippen molar-refractivity contribution in [1.29, 1.82) is 0 Å². The topological polar surface area (TPSA) is 122 Å². The predicted molar refractivity (Wildman–Crippen MR) is 117 cm³/mol. The smallest absolute Gasteiger partial charge is 0.307 e. The first-order chi connectivity index (χ1) is 15.2. The molecule has 2 heterocycles. The molecule has 0 radical (unpaired) electrons. The molecule has 0 saturated heterocycles. The number of esters is 1. The van der Waals surface area contributed by atoms with Gasteiger partial charge in [-0.05, 0) is 36.4 Å². The Bertz CT molecular complexity index is 1180. The van der Waals surface area contributed by atoms with Crippen LogP contribution in [0.2, 0.25) is 5.02 Å². The molecule has 0 bridgehead atoms. The largest absolute Gasteiger partial charge is 0.456 e. The maximum absolute atomic E-state index is 12.2. The third kappa shape index (κ3) is 4.32. The summed E-state index contributed by atoms with van der Waals surface area (Å²) in [5, 5.41) is 5.00. The van der Waals surface area contributed by atoms with Crippen LogP contribution in [0.15, 0.2) is 41.3 Å². The van der Waals surface area contributed by atoms with Crippen LogP contribution >= 0.6 is 23.4 Å². The van der Waals surface area contributed by atoms with E-state index in [1.807, 2.05) is 0 Å². The number of amides is 4. The van der Waals surface area contributed by atoms with E-state index in [-0.39, 0.29) is 23.5 Å². The molecule has 1 atom stereocenters. The number of rotatable bonds is 5. The number of hydrogen-bond donors (Lipinski definition) is 2. The Balaban J connectivity index is 1.30. The number of carbonyl (C=O) groups excluding carboxylic acids is 5. The van der Waals surface area contributed by atoms with Crippen LogP contribution in [0.1, 0.15) is 27.1 Å². The minimum Gasteiger partial charge on any atom is -0.456 e. The van der Waals surface area contributed by atoms with Gasteiger partial charge in [0.05, 0.1) is 28.5 Å². The highest BCUT2D eigenvalue weighted by Gasteiger charge is 2.33. The molecule has 0 saturated carbocycles. The van der Waals surface area contributed by atoms with Gasteiger partial charge in [0.1, 0.15) is 0 Å². The maximum Gasteiger partial charge on any atom is 0.307 e. The average molecular weight is 474 g/mol. The minimum atomic E-state index is -0.707. The van der Waals surface area contributed by atoms with E-state index in [4.69, 9.17) is 16.3 Å². The molecular formula is C21H16ClN3O6S. The van der Waals surface area contributed by atoms with Crippen molar-refractivity contribution in [3.8, 4) is 0 Å². The first-order valence-corrected chi connectivity index (χ1v) is 10.7. The summed E-state index contributed by atoms with van der Waals surface area (Å²) >= 11 is 7.13. The molecule has 0 aromatic heterocycles. The van der Waals surface area contributed by atoms with E-state index in [1.54, 1.807) is 18.2 Å². The van der Waals surface area contributed by atoms with Crippen LogP contribution in [0.25, 0.3) is 0 Å². The quantitative estimate of drug-likeness (QED) is 0.505. The first-order valence-electron chi connectivity index (χ1n) is 9.42. The molecule has 11 heteroatoms. The Morgan fingerprint density at radius 2 is 1.88 bits per heavy atom. The van der Waals surface area contributed by atoms with Gasteiger partial charge in [-0.1, -0.05) is 11.6 Å². The Kier molecular flexibility index (Phi) is 5.90. The average Bonchev–Trinajstić information content (AvgIpc) is 2.97. The van der Waals surface area contributed by atoms with Crippen LogP contribution in [-0.4, -0.2) is 53.4 Å². The van der Waals surface area contributed by atoms with Crippen LogP contribution in [-0.2, 0) is 19.1 Å². The molecule has 4 rings (SSSR count). The summed E-state index contributed by atoms with van der Waals surface area (Å²) in [6.07, 6.45) is -0.215. The van der Waals surface area contributed by atoms with Gasteiger partial charge in [0.15, 0.2) is 6.61 Å². The molecule has 1 unspecified atom stereocenters. The summed E-state index contributed by atoms with van der Waals surface area (Å²) in [6.45, 7) is -0.562. The van der Waals surface area contributed by atoms with Crippen LogP contribution < -0.4 is 10.6 Å². The molecule has 2 aliphatic rings. The number of hydrogen-bond acceptors (Lipinski definition) is 7. The number of thioether (sulfide) groups is 1. The fourth-order valence-electron chi connectivity index (χ4n) is 3.25. The van der Waals surface area contributed by atoms with Crippen molar-refractivity contribution < 1.29 is 28.7 Å². The van der Waals surface area contributed by atoms with E-state index in [0.29, 0.717) is 16.4 Å². The van der Waals surface area contributed by atoms with Crippen LogP contribution in [0.4, 0.5) is 11.4 Å². The third-order valence-corrected chi connectivity index (χ3v) is 6.36. The SMILES string of the molecule is CN1C(=O)c2ccc(NC(=O)COC(=O)CC3Sc4ccc(Cl)cc4NC3=O)cc2C1=O. The molecule has 4 amide bonds. The molecule has 9 nitrogen and oxygen atoms in total. The van der Waals surface area contributed by atoms with Crippen LogP contribution in [0.5, 0.6) is 0 Å². The predicted octanol–water partition coefficient (Wildman–Crippen LogP) is 2.55. The highest BCUT2D eigenvalue weighted by atomic mass is 35.5. The van der Waals surface area contributed by atoms with Crippen molar-refractivity contribution in [3.63, 3.8) is 0 Å². The Morgan fingerprint density at radius 3 is 2.66 bits per heavy atom. The zero-order valence-electron chi connectivity index (χ0n) is 16.6. The molecule has 2 N–H and O–H groups in total. The highest BCUT2D eigenvalue weighted by Crippen LogP contribution is 2.38. The summed E-state index contributed by atoms with van der Waals surface area (Å²) in [6, 6.07) is 9.39. The van der Waals surface area contributed by atoms with Crippen molar-refractivity contribution in [2.24, 2.45) is 0 Å². The van der Waals surface area contributed by atoms with Crippen molar-refractivity contribution in [2.75, 3.05) is 24.3 Å². The number of anilines is 2. The zero-order valence-corrected chi connectivity index (χ0v) is 18.2. The first kappa shape index (κ1) is 21.8. The lowest BCUT2D eigenvalue weighted by molar-refractivity contribution is -0.147. The molecule has 164 valence electrons. The van der Waals surface area contributed by atoms with E-state index in [1.165, 1.54) is 37.0 Å². The Labute approximate surface area is 191 Å². The zero-order chi connectivity index (χ0) is 23.0. The number of benzene rings is 2. The van der Waals surface area contributed by atoms with E-state index >= 15 is 0 Å². The van der Waals surface area contributed by atoms with E-state index in [2.05, 4.69) is 10.6 Å². The standard InChI is InChI=1S/C21H16ClN3O6S/c1-25-20(29)12-4-3-11(7-13(12)21(25)30)23-17(26)9-31-18(27)8-16-19(28)24-14-6-10(22)2-5-15(14)32-16/h2-7,16H,8-9H2,1H3,(H,23,26)(H,24,28). The second-order valence-electron chi connectivity index (χ2n) is 7.08. The van der Waals surface area contributed by atoms with E-state index in [9.17, 15) is 24.0 Å². The number of imide groups is 1. The second kappa shape index (κ2) is 8.64. The van der Waals surface area contributed by atoms with Crippen molar-refractivity contribution in [1.82, 2.24) is 4.90 Å². The number of nitrogens with one attached hydrogen (secondary N) is 2. The van der Waals surface area contributed by atoms with Gasteiger partial charge in [0, 0.05) is 22.7 Å². The van der Waals surface area contributed by atoms with Gasteiger partial charge in [0.25, 0.3) is 17.7 Å². The lowest BCUT2D eigenvalue weighted by Gasteiger charge is -2.23. The molecule has 2 aromatic carbocycles. The van der Waals surface area contributed by atoms with Gasteiger partial charge >= 0.3 is 5.97 Å². The summed E-state index contributed by atoms with van der Waals surface area (Å²) < 4.78 is 4.99. The molecule has 2 aliphatic heterocycles. The van der Waals surface area contributed by atoms with Gasteiger partial charge in [-0.15, -0.1) is 11.8 Å². The fraction of sp³-hybridized carbons (Fsp3) is 0.190. The number of halogens is 1. The fourth-order valence-corrected chi connectivity index (χ4v) is 4.50. The van der Waals surface area contributed by atoms with Crippen molar-refractivity contribution in [2.45, 2.75) is 16.6 Å². The highest BCUT2D eigenvalue weighted by molar-refractivity contribution is 8.01. The molecular weight excluding hydrogens is 458 g/mol. The van der Waals surface area contributed by atoms with Crippen molar-refractivity contribution >= 4 is 64.3 Å². The van der Waals surface area contributed by atoms with E-state index in [0.717, 1.165) is 9.80 Å². The number of fused-ring (bicyclic) bond motifs is 2. The summed E-state index contributed by atoms with van der Waals surface area (Å²) in [5.41, 5.74) is 1.32. The Morgan fingerprint density at radius 1 is 1.12 bits per heavy atom. The normalized spacial score (nSPS) is 16.9. The lowest BCUT2D eigenvalue weighted by Crippen LogP contribution is -2.32. The second-order valence-corrected chi connectivity index (χ2v) is 8.76. The maximum atomic E-state index is 12.2. The molecule has 0 aliphatic carbocycles. The van der Waals surface area contributed by atoms with Gasteiger partial charge in [-0.25, -0.2) is 0 Å². The molecule has 0 spiro atoms. The third-order valence-electron chi connectivity index (χ3n) is 4.85. The van der Waals surface area contributed by atoms with Crippen molar-refractivity contribution in [3.05, 3.63) is 52.5 Å². The minimum absolute atomic E-state index is 0.189. The van der Waals surface area contributed by atoms with Crippen LogP contribution in [0.3, 0.4) is 0 Å². The molecule has 2 aromatic rings. The molecule has 32 heavy (non-hydrogen) atoms. The lowest BCUT2D eigenvalue weighted by atomic mass is 10.1. The monoisotopic (exact) mass is 473 g/mol. The summed E-state index contributed by atoms with van der Waals surface area (Å²) in [4.78, 5) is 62.2. The summed E-state index contributed by atoms with van der Waals surface area (Å²) in [7, 11) is 1.38. The van der Waals surface area contributed by atoms with Gasteiger partial charge in [0.2, 0.25) is 5.91 Å². The molecule has 0 fully saturated rings. The number of nitrogens with zero attached hydrogens (tertiary/aromatic N) is 1. The number of carbonyl (C=O) groups is 5. The summed E-state index contributed by atoms with van der Waals surface area (Å²) in [5.74, 6) is -2.55. The van der Waals surface area contributed by atoms with Crippen LogP contribution in [0, 0.1) is 0 Å². The Hall–Kier alpha value is -3.37. The van der Waals surface area contributed by atoms with Gasteiger partial charge < -0.3 is 15.4 Å². The number of ether oxygens (including phenoxy) is 1. The van der Waals surface area contributed by atoms with Gasteiger partial charge in [-0.3, -0.25) is 28.9 Å².